The molecule has 0 atom stereocenters. The van der Waals surface area contributed by atoms with Crippen LogP contribution in [0.3, 0.4) is 0 Å². The predicted octanol–water partition coefficient (Wildman–Crippen LogP) is -0.0803. The Balaban J connectivity index is 2.75. The van der Waals surface area contributed by atoms with Crippen LogP contribution in [0.5, 0.6) is 0 Å². The quantitative estimate of drug-likeness (QED) is 0.775. The highest BCUT2D eigenvalue weighted by atomic mass is 32.2. The minimum absolute atomic E-state index is 0.243. The Labute approximate surface area is 93.5 Å². The summed E-state index contributed by atoms with van der Waals surface area (Å²) < 4.78 is 60.8. The first-order chi connectivity index (χ1) is 7.66. The fraction of sp³-hybridized carbons (Fsp3) is 0.571. The SMILES string of the molecule is CN1CCn2[nH]c(=O)c(S(=O)(=O)C(F)(F)F)c21. The number of hydrogen-bond acceptors (Lipinski definition) is 4. The summed E-state index contributed by atoms with van der Waals surface area (Å²) in [4.78, 5) is 11.4. The van der Waals surface area contributed by atoms with Crippen LogP contribution in [0.1, 0.15) is 0 Å². The minimum atomic E-state index is -5.63. The van der Waals surface area contributed by atoms with Crippen molar-refractivity contribution in [3.63, 3.8) is 0 Å². The Bertz CT molecular complexity index is 613. The van der Waals surface area contributed by atoms with Crippen LogP contribution < -0.4 is 10.5 Å². The third kappa shape index (κ3) is 1.54. The number of likely N-dealkylation sites (N-methyl/N-ethyl adjacent to an activating group) is 1. The zero-order chi connectivity index (χ0) is 13.0. The molecule has 0 spiro atoms. The molecule has 0 unspecified atom stereocenters. The number of aromatic amines is 1. The van der Waals surface area contributed by atoms with Crippen molar-refractivity contribution >= 4 is 15.7 Å². The fourth-order valence-electron chi connectivity index (χ4n) is 1.71. The molecule has 0 aromatic carbocycles. The number of alkyl halides is 3. The van der Waals surface area contributed by atoms with Gasteiger partial charge in [0.15, 0.2) is 4.90 Å². The Morgan fingerprint density at radius 1 is 1.29 bits per heavy atom. The second-order valence-corrected chi connectivity index (χ2v) is 5.49. The fourth-order valence-corrected chi connectivity index (χ4v) is 2.73. The van der Waals surface area contributed by atoms with E-state index in [2.05, 4.69) is 5.10 Å². The Hall–Kier alpha value is -1.45. The van der Waals surface area contributed by atoms with E-state index in [4.69, 9.17) is 0 Å². The number of H-pyrrole nitrogens is 1. The van der Waals surface area contributed by atoms with Crippen LogP contribution in [0.15, 0.2) is 9.69 Å². The Kier molecular flexibility index (Phi) is 2.32. The van der Waals surface area contributed by atoms with Gasteiger partial charge in [-0.3, -0.25) is 14.6 Å². The molecular weight excluding hydrogens is 263 g/mol. The van der Waals surface area contributed by atoms with Crippen LogP contribution in [-0.4, -0.2) is 37.3 Å². The summed E-state index contributed by atoms with van der Waals surface area (Å²) in [5, 5.41) is 2.07. The van der Waals surface area contributed by atoms with E-state index in [-0.39, 0.29) is 12.4 Å². The first-order valence-electron chi connectivity index (χ1n) is 4.51. The molecule has 96 valence electrons. The molecule has 2 heterocycles. The van der Waals surface area contributed by atoms with E-state index in [1.165, 1.54) is 11.9 Å². The molecule has 0 bridgehead atoms. The molecule has 0 radical (unpaired) electrons. The molecule has 6 nitrogen and oxygen atoms in total. The van der Waals surface area contributed by atoms with Crippen LogP contribution in [0.25, 0.3) is 0 Å². The van der Waals surface area contributed by atoms with E-state index in [0.29, 0.717) is 6.54 Å². The van der Waals surface area contributed by atoms with E-state index < -0.39 is 25.8 Å². The third-order valence-corrected chi connectivity index (χ3v) is 4.01. The standard InChI is InChI=1S/C7H8F3N3O3S/c1-12-2-3-13-6(12)4(5(14)11-13)17(15,16)7(8,9)10/h2-3H2,1H3,(H,11,14). The first kappa shape index (κ1) is 12.0. The van der Waals surface area contributed by atoms with Crippen molar-refractivity contribution in [1.82, 2.24) is 9.78 Å². The zero-order valence-corrected chi connectivity index (χ0v) is 9.39. The van der Waals surface area contributed by atoms with Gasteiger partial charge in [-0.25, -0.2) is 8.42 Å². The van der Waals surface area contributed by atoms with Crippen LogP contribution in [0.4, 0.5) is 19.0 Å². The highest BCUT2D eigenvalue weighted by Gasteiger charge is 2.51. The van der Waals surface area contributed by atoms with Gasteiger partial charge in [0.1, 0.15) is 5.82 Å². The minimum Gasteiger partial charge on any atom is -0.357 e. The van der Waals surface area contributed by atoms with E-state index in [0.717, 1.165) is 4.68 Å². The summed E-state index contributed by atoms with van der Waals surface area (Å²) in [7, 11) is -4.21. The lowest BCUT2D eigenvalue weighted by Gasteiger charge is -2.12. The molecule has 10 heteroatoms. The van der Waals surface area contributed by atoms with Crippen molar-refractivity contribution in [2.75, 3.05) is 18.5 Å². The molecule has 0 saturated heterocycles. The number of sulfone groups is 1. The molecule has 0 amide bonds. The van der Waals surface area contributed by atoms with Crippen molar-refractivity contribution in [2.45, 2.75) is 16.9 Å². The summed E-state index contributed by atoms with van der Waals surface area (Å²) in [6.45, 7) is 0.584. The van der Waals surface area contributed by atoms with E-state index >= 15 is 0 Å². The summed E-state index contributed by atoms with van der Waals surface area (Å²) >= 11 is 0. The molecule has 1 N–H and O–H groups in total. The highest BCUT2D eigenvalue weighted by molar-refractivity contribution is 7.92. The van der Waals surface area contributed by atoms with Gasteiger partial charge in [-0.05, 0) is 0 Å². The van der Waals surface area contributed by atoms with Crippen molar-refractivity contribution in [3.8, 4) is 0 Å². The summed E-state index contributed by atoms with van der Waals surface area (Å²) in [6, 6.07) is 0. The number of nitrogens with one attached hydrogen (secondary N) is 1. The maximum atomic E-state index is 12.4. The second kappa shape index (κ2) is 3.28. The highest BCUT2D eigenvalue weighted by Crippen LogP contribution is 2.34. The van der Waals surface area contributed by atoms with Crippen LogP contribution >= 0.6 is 0 Å². The van der Waals surface area contributed by atoms with E-state index in [9.17, 15) is 26.4 Å². The topological polar surface area (TPSA) is 75.2 Å². The smallest absolute Gasteiger partial charge is 0.357 e. The van der Waals surface area contributed by atoms with E-state index in [1.807, 2.05) is 0 Å². The van der Waals surface area contributed by atoms with Gasteiger partial charge in [-0.2, -0.15) is 13.2 Å². The van der Waals surface area contributed by atoms with Crippen molar-refractivity contribution in [1.29, 1.82) is 0 Å². The largest absolute Gasteiger partial charge is 0.502 e. The predicted molar refractivity (Wildman–Crippen MR) is 51.6 cm³/mol. The lowest BCUT2D eigenvalue weighted by Crippen LogP contribution is -2.29. The van der Waals surface area contributed by atoms with Gasteiger partial charge in [0.2, 0.25) is 0 Å². The summed E-state index contributed by atoms with van der Waals surface area (Å²) in [5.74, 6) is -0.243. The Morgan fingerprint density at radius 2 is 1.88 bits per heavy atom. The van der Waals surface area contributed by atoms with Gasteiger partial charge in [0, 0.05) is 13.6 Å². The second-order valence-electron chi connectivity index (χ2n) is 3.62. The lowest BCUT2D eigenvalue weighted by atomic mass is 10.5. The van der Waals surface area contributed by atoms with Gasteiger partial charge in [-0.1, -0.05) is 0 Å². The van der Waals surface area contributed by atoms with Gasteiger partial charge in [0.05, 0.1) is 6.54 Å². The molecule has 1 aromatic rings. The molecule has 0 aliphatic carbocycles. The van der Waals surface area contributed by atoms with E-state index in [1.54, 1.807) is 0 Å². The molecule has 2 rings (SSSR count). The van der Waals surface area contributed by atoms with Gasteiger partial charge in [0.25, 0.3) is 15.4 Å². The molecule has 0 saturated carbocycles. The monoisotopic (exact) mass is 271 g/mol. The number of aromatic nitrogens is 2. The van der Waals surface area contributed by atoms with Gasteiger partial charge in [-0.15, -0.1) is 0 Å². The first-order valence-corrected chi connectivity index (χ1v) is 6.00. The molecular formula is C7H8F3N3O3S. The maximum Gasteiger partial charge on any atom is 0.502 e. The van der Waals surface area contributed by atoms with Gasteiger partial charge >= 0.3 is 5.51 Å². The summed E-state index contributed by atoms with van der Waals surface area (Å²) in [6.07, 6.45) is 0. The van der Waals surface area contributed by atoms with Crippen molar-refractivity contribution in [2.24, 2.45) is 0 Å². The average Bonchev–Trinajstić information content (AvgIpc) is 2.64. The third-order valence-electron chi connectivity index (χ3n) is 2.50. The van der Waals surface area contributed by atoms with Crippen molar-refractivity contribution < 1.29 is 21.6 Å². The maximum absolute atomic E-state index is 12.4. The average molecular weight is 271 g/mol. The normalized spacial score (nSPS) is 16.4. The van der Waals surface area contributed by atoms with Gasteiger partial charge < -0.3 is 4.90 Å². The molecule has 1 aromatic heterocycles. The van der Waals surface area contributed by atoms with Crippen LogP contribution in [0, 0.1) is 0 Å². The number of rotatable bonds is 1. The number of hydrogen-bond donors (Lipinski definition) is 1. The number of anilines is 1. The van der Waals surface area contributed by atoms with Crippen LogP contribution in [-0.2, 0) is 16.4 Å². The molecule has 0 fully saturated rings. The zero-order valence-electron chi connectivity index (χ0n) is 8.58. The number of halogens is 3. The van der Waals surface area contributed by atoms with Crippen LogP contribution in [0.2, 0.25) is 0 Å². The summed E-state index contributed by atoms with van der Waals surface area (Å²) in [5.41, 5.74) is -6.73. The molecule has 17 heavy (non-hydrogen) atoms. The Morgan fingerprint density at radius 3 is 2.41 bits per heavy atom. The number of fused-ring (bicyclic) bond motifs is 1. The molecule has 1 aliphatic heterocycles. The molecule has 1 aliphatic rings. The lowest BCUT2D eigenvalue weighted by molar-refractivity contribution is -0.0436. The number of nitrogens with zero attached hydrogens (tertiary/aromatic N) is 2. The van der Waals surface area contributed by atoms with Crippen molar-refractivity contribution in [3.05, 3.63) is 10.4 Å².